The van der Waals surface area contributed by atoms with Crippen molar-refractivity contribution in [2.24, 2.45) is 0 Å². The van der Waals surface area contributed by atoms with Crippen molar-refractivity contribution in [3.63, 3.8) is 0 Å². The topological polar surface area (TPSA) is 124 Å². The molecule has 0 spiro atoms. The van der Waals surface area contributed by atoms with Crippen LogP contribution < -0.4 is 14.8 Å². The number of hydrogen-bond donors (Lipinski definition) is 3. The van der Waals surface area contributed by atoms with Crippen molar-refractivity contribution >= 4 is 15.7 Å². The van der Waals surface area contributed by atoms with E-state index >= 15 is 0 Å². The SMILES string of the molecule is Cc1ncc(CNc2cccc(-c3ccccc3)c2S(=O)(=O)NC(C)(C)C)c(CO)c1OCc1cccc(C#N)c1. The smallest absolute Gasteiger partial charge is 0.243 e. The fraction of sp³-hybridized carbons (Fsp3) is 0.250. The van der Waals surface area contributed by atoms with Gasteiger partial charge in [0.05, 0.1) is 29.6 Å². The highest BCUT2D eigenvalue weighted by Gasteiger charge is 2.28. The number of nitrogens with one attached hydrogen (secondary N) is 2. The first-order valence-corrected chi connectivity index (χ1v) is 14.7. The molecule has 0 fully saturated rings. The van der Waals surface area contributed by atoms with E-state index in [1.54, 1.807) is 64.2 Å². The molecular formula is C32H34N4O4S. The number of nitrogens with zero attached hydrogens (tertiary/aromatic N) is 2. The van der Waals surface area contributed by atoms with Crippen LogP contribution in [0.5, 0.6) is 5.75 Å². The Hall–Kier alpha value is -4.23. The molecule has 1 aromatic heterocycles. The van der Waals surface area contributed by atoms with E-state index in [1.165, 1.54) is 0 Å². The molecule has 0 radical (unpaired) electrons. The summed E-state index contributed by atoms with van der Waals surface area (Å²) in [6.45, 7) is 7.28. The number of aliphatic hydroxyl groups excluding tert-OH is 1. The highest BCUT2D eigenvalue weighted by molar-refractivity contribution is 7.89. The monoisotopic (exact) mass is 570 g/mol. The van der Waals surface area contributed by atoms with Crippen molar-refractivity contribution in [2.45, 2.75) is 57.9 Å². The van der Waals surface area contributed by atoms with Crippen molar-refractivity contribution in [3.05, 3.63) is 107 Å². The third-order valence-electron chi connectivity index (χ3n) is 6.28. The molecule has 3 aromatic carbocycles. The van der Waals surface area contributed by atoms with Gasteiger partial charge in [-0.25, -0.2) is 13.1 Å². The van der Waals surface area contributed by atoms with Gasteiger partial charge in [-0.3, -0.25) is 4.98 Å². The lowest BCUT2D eigenvalue weighted by atomic mass is 10.0. The summed E-state index contributed by atoms with van der Waals surface area (Å²) >= 11 is 0. The summed E-state index contributed by atoms with van der Waals surface area (Å²) in [5.74, 6) is 0.453. The van der Waals surface area contributed by atoms with E-state index in [9.17, 15) is 18.8 Å². The van der Waals surface area contributed by atoms with Gasteiger partial charge in [-0.1, -0.05) is 54.6 Å². The molecule has 0 unspecified atom stereocenters. The number of nitriles is 1. The number of anilines is 1. The highest BCUT2D eigenvalue weighted by atomic mass is 32.2. The Bertz CT molecular complexity index is 1670. The second-order valence-electron chi connectivity index (χ2n) is 10.7. The second-order valence-corrected chi connectivity index (χ2v) is 12.3. The zero-order chi connectivity index (χ0) is 29.6. The van der Waals surface area contributed by atoms with Gasteiger partial charge in [0, 0.05) is 29.4 Å². The molecule has 0 saturated carbocycles. The van der Waals surface area contributed by atoms with Gasteiger partial charge in [-0.2, -0.15) is 5.26 Å². The van der Waals surface area contributed by atoms with E-state index in [1.807, 2.05) is 42.5 Å². The lowest BCUT2D eigenvalue weighted by molar-refractivity contribution is 0.256. The summed E-state index contributed by atoms with van der Waals surface area (Å²) in [6, 6.07) is 23.9. The Morgan fingerprint density at radius 3 is 2.44 bits per heavy atom. The maximum atomic E-state index is 13.7. The third kappa shape index (κ3) is 7.30. The minimum Gasteiger partial charge on any atom is -0.487 e. The number of ether oxygens (including phenoxy) is 1. The average molecular weight is 571 g/mol. The average Bonchev–Trinajstić information content (AvgIpc) is 2.94. The van der Waals surface area contributed by atoms with Crippen molar-refractivity contribution < 1.29 is 18.3 Å². The van der Waals surface area contributed by atoms with Crippen LogP contribution in [0.3, 0.4) is 0 Å². The van der Waals surface area contributed by atoms with Crippen LogP contribution in [0.2, 0.25) is 0 Å². The van der Waals surface area contributed by atoms with Crippen molar-refractivity contribution in [3.8, 4) is 22.9 Å². The number of aliphatic hydroxyl groups is 1. The van der Waals surface area contributed by atoms with Crippen molar-refractivity contribution in [2.75, 3.05) is 5.32 Å². The van der Waals surface area contributed by atoms with E-state index in [-0.39, 0.29) is 24.7 Å². The van der Waals surface area contributed by atoms with E-state index < -0.39 is 15.6 Å². The zero-order valence-corrected chi connectivity index (χ0v) is 24.4. The standard InChI is InChI=1S/C32H34N4O4S/c1-22-30(40-21-24-11-8-10-23(16-24)17-33)28(20-37)26(18-34-22)19-35-29-15-9-14-27(25-12-6-5-7-13-25)31(29)41(38,39)36-32(2,3)4/h5-16,18,35-37H,19-21H2,1-4H3. The number of rotatable bonds is 10. The second kappa shape index (κ2) is 12.5. The van der Waals surface area contributed by atoms with Gasteiger partial charge >= 0.3 is 0 Å². The molecular weight excluding hydrogens is 536 g/mol. The van der Waals surface area contributed by atoms with E-state index in [0.717, 1.165) is 11.1 Å². The first kappa shape index (κ1) is 29.7. The molecule has 0 aliphatic heterocycles. The molecule has 41 heavy (non-hydrogen) atoms. The van der Waals surface area contributed by atoms with Crippen LogP contribution in [0.25, 0.3) is 11.1 Å². The molecule has 3 N–H and O–H groups in total. The quantitative estimate of drug-likeness (QED) is 0.224. The summed E-state index contributed by atoms with van der Waals surface area (Å²) in [6.07, 6.45) is 1.65. The molecule has 4 rings (SSSR count). The van der Waals surface area contributed by atoms with Gasteiger partial charge in [-0.15, -0.1) is 0 Å². The van der Waals surface area contributed by atoms with Gasteiger partial charge in [0.1, 0.15) is 17.3 Å². The van der Waals surface area contributed by atoms with Crippen LogP contribution in [0.4, 0.5) is 5.69 Å². The molecule has 8 nitrogen and oxygen atoms in total. The molecule has 0 saturated heterocycles. The van der Waals surface area contributed by atoms with Crippen LogP contribution >= 0.6 is 0 Å². The third-order valence-corrected chi connectivity index (χ3v) is 8.14. The fourth-order valence-corrected chi connectivity index (χ4v) is 6.35. The Balaban J connectivity index is 1.69. The van der Waals surface area contributed by atoms with E-state index in [4.69, 9.17) is 4.74 Å². The normalized spacial score (nSPS) is 11.6. The fourth-order valence-electron chi connectivity index (χ4n) is 4.53. The molecule has 0 atom stereocenters. The molecule has 1 heterocycles. The first-order chi connectivity index (χ1) is 19.5. The van der Waals surface area contributed by atoms with Crippen molar-refractivity contribution in [1.29, 1.82) is 5.26 Å². The van der Waals surface area contributed by atoms with Gasteiger partial charge in [0.25, 0.3) is 0 Å². The number of benzene rings is 3. The Morgan fingerprint density at radius 2 is 1.76 bits per heavy atom. The highest BCUT2D eigenvalue weighted by Crippen LogP contribution is 2.35. The zero-order valence-electron chi connectivity index (χ0n) is 23.6. The molecule has 212 valence electrons. The van der Waals surface area contributed by atoms with Crippen LogP contribution in [0.1, 0.15) is 48.7 Å². The van der Waals surface area contributed by atoms with E-state index in [2.05, 4.69) is 21.1 Å². The Morgan fingerprint density at radius 1 is 1.02 bits per heavy atom. The Labute approximate surface area is 241 Å². The summed E-state index contributed by atoms with van der Waals surface area (Å²) in [7, 11) is -3.93. The van der Waals surface area contributed by atoms with Gasteiger partial charge in [0.2, 0.25) is 10.0 Å². The lowest BCUT2D eigenvalue weighted by Gasteiger charge is -2.24. The number of hydrogen-bond acceptors (Lipinski definition) is 7. The Kier molecular flexibility index (Phi) is 9.08. The number of pyridine rings is 1. The minimum absolute atomic E-state index is 0.139. The van der Waals surface area contributed by atoms with Crippen LogP contribution in [0, 0.1) is 18.3 Å². The number of sulfonamides is 1. The van der Waals surface area contributed by atoms with Crippen LogP contribution in [-0.2, 0) is 29.8 Å². The molecule has 9 heteroatoms. The van der Waals surface area contributed by atoms with Crippen LogP contribution in [0.15, 0.2) is 83.9 Å². The largest absolute Gasteiger partial charge is 0.487 e. The first-order valence-electron chi connectivity index (χ1n) is 13.2. The number of aryl methyl sites for hydroxylation is 1. The summed E-state index contributed by atoms with van der Waals surface area (Å²) in [5.41, 5.74) is 4.25. The summed E-state index contributed by atoms with van der Waals surface area (Å²) < 4.78 is 36.3. The molecule has 0 amide bonds. The predicted molar refractivity (Wildman–Crippen MR) is 160 cm³/mol. The summed E-state index contributed by atoms with van der Waals surface area (Å²) in [5, 5.41) is 22.8. The molecule has 0 aliphatic rings. The molecule has 0 aliphatic carbocycles. The maximum absolute atomic E-state index is 13.7. The predicted octanol–water partition coefficient (Wildman–Crippen LogP) is 5.69. The molecule has 0 bridgehead atoms. The van der Waals surface area contributed by atoms with Crippen molar-refractivity contribution in [1.82, 2.24) is 9.71 Å². The van der Waals surface area contributed by atoms with Crippen LogP contribution in [-0.4, -0.2) is 24.0 Å². The van der Waals surface area contributed by atoms with Gasteiger partial charge in [0.15, 0.2) is 0 Å². The van der Waals surface area contributed by atoms with Gasteiger partial charge in [-0.05, 0) is 62.6 Å². The number of aromatic nitrogens is 1. The van der Waals surface area contributed by atoms with Gasteiger partial charge < -0.3 is 15.2 Å². The maximum Gasteiger partial charge on any atom is 0.243 e. The molecule has 4 aromatic rings. The summed E-state index contributed by atoms with van der Waals surface area (Å²) in [4.78, 5) is 4.61. The minimum atomic E-state index is -3.93. The lowest BCUT2D eigenvalue weighted by Crippen LogP contribution is -2.40. The van der Waals surface area contributed by atoms with E-state index in [0.29, 0.717) is 39.4 Å².